The second kappa shape index (κ2) is 7.61. The first kappa shape index (κ1) is 17.4. The van der Waals surface area contributed by atoms with Gasteiger partial charge in [0.2, 0.25) is 0 Å². The number of allylic oxidation sites excluding steroid dienone is 1. The molecule has 2 amide bonds. The summed E-state index contributed by atoms with van der Waals surface area (Å²) >= 11 is 1.61. The molecule has 0 aromatic heterocycles. The Labute approximate surface area is 150 Å². The summed E-state index contributed by atoms with van der Waals surface area (Å²) in [5.74, 6) is 0.329. The summed E-state index contributed by atoms with van der Waals surface area (Å²) in [4.78, 5) is 24.5. The van der Waals surface area contributed by atoms with Crippen LogP contribution in [0, 0.1) is 0 Å². The molecule has 1 atom stereocenters. The van der Waals surface area contributed by atoms with Crippen molar-refractivity contribution in [1.29, 1.82) is 0 Å². The molecule has 0 radical (unpaired) electrons. The molecule has 2 aromatic carbocycles. The summed E-state index contributed by atoms with van der Waals surface area (Å²) in [6, 6.07) is 13.0. The molecule has 0 saturated heterocycles. The third kappa shape index (κ3) is 3.79. The van der Waals surface area contributed by atoms with E-state index in [0.717, 1.165) is 22.1 Å². The average Bonchev–Trinajstić information content (AvgIpc) is 2.60. The normalized spacial score (nSPS) is 17.2. The van der Waals surface area contributed by atoms with Crippen LogP contribution in [0.4, 0.5) is 4.79 Å². The third-order valence-electron chi connectivity index (χ3n) is 4.12. The van der Waals surface area contributed by atoms with Gasteiger partial charge in [-0.25, -0.2) is 9.59 Å². The van der Waals surface area contributed by atoms with Crippen LogP contribution in [-0.4, -0.2) is 30.6 Å². The number of rotatable bonds is 5. The lowest BCUT2D eigenvalue weighted by atomic mass is 9.94. The first-order chi connectivity index (χ1) is 12.1. The molecule has 5 nitrogen and oxygen atoms in total. The van der Waals surface area contributed by atoms with Crippen LogP contribution < -0.4 is 10.6 Å². The predicted molar refractivity (Wildman–Crippen MR) is 100 cm³/mol. The first-order valence-corrected chi connectivity index (χ1v) is 9.42. The van der Waals surface area contributed by atoms with Crippen LogP contribution in [0.1, 0.15) is 18.5 Å². The molecule has 2 aromatic rings. The van der Waals surface area contributed by atoms with Gasteiger partial charge in [-0.2, -0.15) is 11.8 Å². The number of hydrogen-bond donors (Lipinski definition) is 2. The van der Waals surface area contributed by atoms with Crippen LogP contribution in [0.3, 0.4) is 0 Å². The number of nitrogens with one attached hydrogen (secondary N) is 2. The zero-order chi connectivity index (χ0) is 17.8. The molecule has 0 fully saturated rings. The van der Waals surface area contributed by atoms with Crippen molar-refractivity contribution in [2.24, 2.45) is 0 Å². The lowest BCUT2D eigenvalue weighted by Gasteiger charge is -2.28. The summed E-state index contributed by atoms with van der Waals surface area (Å²) < 4.78 is 5.36. The van der Waals surface area contributed by atoms with Gasteiger partial charge in [0.1, 0.15) is 6.61 Å². The molecule has 0 saturated carbocycles. The molecule has 2 N–H and O–H groups in total. The van der Waals surface area contributed by atoms with Gasteiger partial charge in [0.15, 0.2) is 0 Å². The number of amides is 2. The smallest absolute Gasteiger partial charge is 0.338 e. The van der Waals surface area contributed by atoms with Crippen molar-refractivity contribution in [2.75, 3.05) is 18.6 Å². The zero-order valence-electron chi connectivity index (χ0n) is 14.2. The van der Waals surface area contributed by atoms with Crippen molar-refractivity contribution in [3.05, 3.63) is 59.3 Å². The quantitative estimate of drug-likeness (QED) is 0.637. The standard InChI is InChI=1S/C19H20N2O3S/c1-12-16(18(22)24-9-10-25-2)17(21-19(23)20-12)15-8-7-13-5-3-4-6-14(13)11-15/h3-8,11,17H,9-10H2,1-2H3,(H2,20,21,23)/t17-/m0/s1. The first-order valence-electron chi connectivity index (χ1n) is 8.03. The highest BCUT2D eigenvalue weighted by Gasteiger charge is 2.32. The second-order valence-electron chi connectivity index (χ2n) is 5.81. The molecule has 6 heteroatoms. The van der Waals surface area contributed by atoms with Gasteiger partial charge in [0.05, 0.1) is 11.6 Å². The lowest BCUT2D eigenvalue weighted by Crippen LogP contribution is -2.45. The Morgan fingerprint density at radius 2 is 1.96 bits per heavy atom. The van der Waals surface area contributed by atoms with Crippen molar-refractivity contribution in [1.82, 2.24) is 10.6 Å². The van der Waals surface area contributed by atoms with Gasteiger partial charge in [0, 0.05) is 11.4 Å². The van der Waals surface area contributed by atoms with E-state index in [9.17, 15) is 9.59 Å². The van der Waals surface area contributed by atoms with E-state index in [1.807, 2.05) is 48.7 Å². The van der Waals surface area contributed by atoms with Gasteiger partial charge in [-0.1, -0.05) is 36.4 Å². The van der Waals surface area contributed by atoms with E-state index < -0.39 is 12.0 Å². The van der Waals surface area contributed by atoms with E-state index in [0.29, 0.717) is 17.9 Å². The van der Waals surface area contributed by atoms with Crippen molar-refractivity contribution in [2.45, 2.75) is 13.0 Å². The van der Waals surface area contributed by atoms with Crippen molar-refractivity contribution in [3.8, 4) is 0 Å². The van der Waals surface area contributed by atoms with E-state index in [1.54, 1.807) is 18.7 Å². The molecule has 0 bridgehead atoms. The Balaban J connectivity index is 1.96. The SMILES string of the molecule is CSCCOC(=O)C1=C(C)NC(=O)N[C@H]1c1ccc2ccccc2c1. The Hall–Kier alpha value is -2.47. The minimum atomic E-state index is -0.528. The second-order valence-corrected chi connectivity index (χ2v) is 6.79. The Bertz CT molecular complexity index is 847. The summed E-state index contributed by atoms with van der Waals surface area (Å²) in [5, 5.41) is 7.66. The number of hydrogen-bond acceptors (Lipinski definition) is 4. The Kier molecular flexibility index (Phi) is 5.28. The molecule has 1 heterocycles. The minimum Gasteiger partial charge on any atom is -0.461 e. The molecule has 25 heavy (non-hydrogen) atoms. The largest absolute Gasteiger partial charge is 0.461 e. The van der Waals surface area contributed by atoms with Crippen LogP contribution in [-0.2, 0) is 9.53 Å². The third-order valence-corrected chi connectivity index (χ3v) is 4.69. The molecule has 3 rings (SSSR count). The van der Waals surface area contributed by atoms with Crippen LogP contribution in [0.5, 0.6) is 0 Å². The van der Waals surface area contributed by atoms with Gasteiger partial charge < -0.3 is 15.4 Å². The number of esters is 1. The summed E-state index contributed by atoms with van der Waals surface area (Å²) in [7, 11) is 0. The zero-order valence-corrected chi connectivity index (χ0v) is 15.0. The van der Waals surface area contributed by atoms with E-state index in [1.165, 1.54) is 0 Å². The fourth-order valence-electron chi connectivity index (χ4n) is 2.90. The number of carbonyl (C=O) groups excluding carboxylic acids is 2. The number of ether oxygens (including phenoxy) is 1. The minimum absolute atomic E-state index is 0.323. The maximum atomic E-state index is 12.6. The maximum Gasteiger partial charge on any atom is 0.338 e. The van der Waals surface area contributed by atoms with Crippen LogP contribution in [0.2, 0.25) is 0 Å². The lowest BCUT2D eigenvalue weighted by molar-refractivity contribution is -0.138. The summed E-state index contributed by atoms with van der Waals surface area (Å²) in [6.07, 6.45) is 1.96. The maximum absolute atomic E-state index is 12.6. The number of thioether (sulfide) groups is 1. The highest BCUT2D eigenvalue weighted by Crippen LogP contribution is 2.29. The molecule has 130 valence electrons. The van der Waals surface area contributed by atoms with Crippen LogP contribution >= 0.6 is 11.8 Å². The number of benzene rings is 2. The Morgan fingerprint density at radius 3 is 2.72 bits per heavy atom. The van der Waals surface area contributed by atoms with Gasteiger partial charge in [-0.3, -0.25) is 0 Å². The molecule has 0 spiro atoms. The van der Waals surface area contributed by atoms with E-state index in [-0.39, 0.29) is 6.03 Å². The molecule has 1 aliphatic heterocycles. The van der Waals surface area contributed by atoms with Crippen molar-refractivity contribution in [3.63, 3.8) is 0 Å². The molecule has 1 aliphatic rings. The van der Waals surface area contributed by atoms with Crippen LogP contribution in [0.25, 0.3) is 10.8 Å². The number of fused-ring (bicyclic) bond motifs is 1. The average molecular weight is 356 g/mol. The van der Waals surface area contributed by atoms with E-state index >= 15 is 0 Å². The predicted octanol–water partition coefficient (Wildman–Crippen LogP) is 3.37. The van der Waals surface area contributed by atoms with Crippen LogP contribution in [0.15, 0.2) is 53.7 Å². The fourth-order valence-corrected chi connectivity index (χ4v) is 3.15. The van der Waals surface area contributed by atoms with Crippen molar-refractivity contribution < 1.29 is 14.3 Å². The van der Waals surface area contributed by atoms with E-state index in [4.69, 9.17) is 4.74 Å². The van der Waals surface area contributed by atoms with Gasteiger partial charge in [0.25, 0.3) is 0 Å². The highest BCUT2D eigenvalue weighted by molar-refractivity contribution is 7.98. The summed E-state index contributed by atoms with van der Waals surface area (Å²) in [6.45, 7) is 2.06. The Morgan fingerprint density at radius 1 is 1.20 bits per heavy atom. The number of carbonyl (C=O) groups is 2. The highest BCUT2D eigenvalue weighted by atomic mass is 32.2. The molecular formula is C19H20N2O3S. The topological polar surface area (TPSA) is 67.4 Å². The van der Waals surface area contributed by atoms with Gasteiger partial charge in [-0.15, -0.1) is 0 Å². The monoisotopic (exact) mass is 356 g/mol. The molecular weight excluding hydrogens is 336 g/mol. The van der Waals surface area contributed by atoms with Gasteiger partial charge in [-0.05, 0) is 35.6 Å². The van der Waals surface area contributed by atoms with Gasteiger partial charge >= 0.3 is 12.0 Å². The fraction of sp³-hybridized carbons (Fsp3) is 0.263. The molecule has 0 unspecified atom stereocenters. The van der Waals surface area contributed by atoms with Crippen molar-refractivity contribution >= 4 is 34.5 Å². The molecule has 0 aliphatic carbocycles. The van der Waals surface area contributed by atoms with E-state index in [2.05, 4.69) is 10.6 Å². The number of urea groups is 1. The summed E-state index contributed by atoms with van der Waals surface area (Å²) in [5.41, 5.74) is 1.82.